The van der Waals surface area contributed by atoms with Crippen molar-refractivity contribution in [1.82, 2.24) is 0 Å². The van der Waals surface area contributed by atoms with Crippen molar-refractivity contribution >= 4 is 0 Å². The average molecular weight is 162 g/mol. The molecule has 0 aromatic carbocycles. The Morgan fingerprint density at radius 3 is 2.73 bits per heavy atom. The van der Waals surface area contributed by atoms with E-state index in [1.807, 2.05) is 6.92 Å². The maximum Gasteiger partial charge on any atom is 0.263 e. The minimum Gasteiger partial charge on any atom is -0.466 e. The lowest BCUT2D eigenvalue weighted by molar-refractivity contribution is -0.0962. The van der Waals surface area contributed by atoms with Crippen LogP contribution < -0.4 is 0 Å². The predicted octanol–water partition coefficient (Wildman–Crippen LogP) is 2.26. The van der Waals surface area contributed by atoms with E-state index in [1.165, 1.54) is 0 Å². The molecule has 0 saturated heterocycles. The zero-order valence-corrected chi connectivity index (χ0v) is 7.05. The number of halogens is 1. The molecule has 3 heteroatoms. The van der Waals surface area contributed by atoms with Crippen LogP contribution >= 0.6 is 0 Å². The summed E-state index contributed by atoms with van der Waals surface area (Å²) in [5.41, 5.74) is 0. The normalized spacial score (nSPS) is 15.5. The van der Waals surface area contributed by atoms with Gasteiger partial charge in [-0.1, -0.05) is 13.5 Å². The third-order valence-electron chi connectivity index (χ3n) is 1.18. The summed E-state index contributed by atoms with van der Waals surface area (Å²) < 4.78 is 22.2. The van der Waals surface area contributed by atoms with Crippen LogP contribution in [0.25, 0.3) is 0 Å². The molecule has 0 N–H and O–H groups in total. The van der Waals surface area contributed by atoms with Crippen LogP contribution in [0.4, 0.5) is 4.39 Å². The van der Waals surface area contributed by atoms with E-state index in [2.05, 4.69) is 11.3 Å². The van der Waals surface area contributed by atoms with Gasteiger partial charge in [-0.3, -0.25) is 0 Å². The molecule has 66 valence electrons. The highest BCUT2D eigenvalue weighted by Gasteiger charge is 2.15. The summed E-state index contributed by atoms with van der Waals surface area (Å²) in [7, 11) is 0. The first-order valence-electron chi connectivity index (χ1n) is 3.74. The highest BCUT2D eigenvalue weighted by Crippen LogP contribution is 2.05. The van der Waals surface area contributed by atoms with E-state index >= 15 is 0 Å². The van der Waals surface area contributed by atoms with Crippen molar-refractivity contribution in [2.45, 2.75) is 32.7 Å². The Labute approximate surface area is 67.0 Å². The topological polar surface area (TPSA) is 18.5 Å². The van der Waals surface area contributed by atoms with Gasteiger partial charge < -0.3 is 9.47 Å². The highest BCUT2D eigenvalue weighted by molar-refractivity contribution is 4.58. The van der Waals surface area contributed by atoms with Crippen molar-refractivity contribution in [2.24, 2.45) is 0 Å². The van der Waals surface area contributed by atoms with E-state index in [0.717, 1.165) is 12.7 Å². The zero-order chi connectivity index (χ0) is 8.69. The standard InChI is InChI=1S/C8H15FO2/c1-4-6-11-7(3)8(9)10-5-2/h5,7-8H,2,4,6H2,1,3H3. The van der Waals surface area contributed by atoms with Gasteiger partial charge in [-0.2, -0.15) is 4.39 Å². The average Bonchev–Trinajstić information content (AvgIpc) is 2.00. The minimum absolute atomic E-state index is 0.520. The molecule has 0 aliphatic rings. The first kappa shape index (κ1) is 10.4. The Bertz CT molecular complexity index is 106. The molecule has 0 heterocycles. The van der Waals surface area contributed by atoms with Crippen LogP contribution in [0.1, 0.15) is 20.3 Å². The molecule has 0 fully saturated rings. The Balaban J connectivity index is 3.45. The van der Waals surface area contributed by atoms with Crippen molar-refractivity contribution in [3.63, 3.8) is 0 Å². The fourth-order valence-electron chi connectivity index (χ4n) is 0.582. The SMILES string of the molecule is C=COC(F)C(C)OCCC. The molecular weight excluding hydrogens is 147 g/mol. The highest BCUT2D eigenvalue weighted by atomic mass is 19.1. The molecule has 0 bridgehead atoms. The van der Waals surface area contributed by atoms with Crippen molar-refractivity contribution in [3.8, 4) is 0 Å². The van der Waals surface area contributed by atoms with Gasteiger partial charge in [-0.25, -0.2) is 0 Å². The Morgan fingerprint density at radius 1 is 1.64 bits per heavy atom. The van der Waals surface area contributed by atoms with Gasteiger partial charge >= 0.3 is 0 Å². The second kappa shape index (κ2) is 6.16. The summed E-state index contributed by atoms with van der Waals surface area (Å²) in [6, 6.07) is 0. The van der Waals surface area contributed by atoms with Crippen LogP contribution in [0.5, 0.6) is 0 Å². The van der Waals surface area contributed by atoms with Gasteiger partial charge in [-0.05, 0) is 13.3 Å². The van der Waals surface area contributed by atoms with Gasteiger partial charge in [0.1, 0.15) is 6.10 Å². The summed E-state index contributed by atoms with van der Waals surface area (Å²) in [6.45, 7) is 7.40. The Hall–Kier alpha value is -0.570. The molecule has 11 heavy (non-hydrogen) atoms. The molecule has 2 nitrogen and oxygen atoms in total. The first-order valence-corrected chi connectivity index (χ1v) is 3.74. The van der Waals surface area contributed by atoms with Crippen LogP contribution in [-0.4, -0.2) is 19.1 Å². The maximum atomic E-state index is 12.7. The summed E-state index contributed by atoms with van der Waals surface area (Å²) >= 11 is 0. The van der Waals surface area contributed by atoms with E-state index in [0.29, 0.717) is 6.61 Å². The fourth-order valence-corrected chi connectivity index (χ4v) is 0.582. The number of hydrogen-bond acceptors (Lipinski definition) is 2. The quantitative estimate of drug-likeness (QED) is 0.558. The summed E-state index contributed by atoms with van der Waals surface area (Å²) in [4.78, 5) is 0. The minimum atomic E-state index is -1.40. The molecule has 0 amide bonds. The van der Waals surface area contributed by atoms with Crippen LogP contribution in [0.15, 0.2) is 12.8 Å². The molecule has 0 aliphatic carbocycles. The third kappa shape index (κ3) is 4.79. The van der Waals surface area contributed by atoms with Gasteiger partial charge in [0, 0.05) is 6.61 Å². The third-order valence-corrected chi connectivity index (χ3v) is 1.18. The van der Waals surface area contributed by atoms with E-state index in [4.69, 9.17) is 4.74 Å². The molecule has 0 aromatic rings. The molecule has 0 saturated carbocycles. The fraction of sp³-hybridized carbons (Fsp3) is 0.750. The Kier molecular flexibility index (Phi) is 5.84. The monoisotopic (exact) mass is 162 g/mol. The summed E-state index contributed by atoms with van der Waals surface area (Å²) in [5, 5.41) is 0. The molecule has 0 aliphatic heterocycles. The van der Waals surface area contributed by atoms with Gasteiger partial charge in [0.25, 0.3) is 6.36 Å². The van der Waals surface area contributed by atoms with Crippen LogP contribution in [-0.2, 0) is 9.47 Å². The molecule has 0 spiro atoms. The van der Waals surface area contributed by atoms with Gasteiger partial charge in [0.05, 0.1) is 6.26 Å². The van der Waals surface area contributed by atoms with E-state index < -0.39 is 12.5 Å². The lowest BCUT2D eigenvalue weighted by Gasteiger charge is -2.15. The lowest BCUT2D eigenvalue weighted by Crippen LogP contribution is -2.23. The summed E-state index contributed by atoms with van der Waals surface area (Å²) in [6.07, 6.45) is 0.0359. The first-order chi connectivity index (χ1) is 5.22. The van der Waals surface area contributed by atoms with E-state index in [1.54, 1.807) is 6.92 Å². The van der Waals surface area contributed by atoms with E-state index in [-0.39, 0.29) is 0 Å². The van der Waals surface area contributed by atoms with Crippen molar-refractivity contribution in [3.05, 3.63) is 12.8 Å². The van der Waals surface area contributed by atoms with Crippen molar-refractivity contribution in [1.29, 1.82) is 0 Å². The Morgan fingerprint density at radius 2 is 2.27 bits per heavy atom. The van der Waals surface area contributed by atoms with Crippen LogP contribution in [0, 0.1) is 0 Å². The predicted molar refractivity (Wildman–Crippen MR) is 41.9 cm³/mol. The number of ether oxygens (including phenoxy) is 2. The smallest absolute Gasteiger partial charge is 0.263 e. The molecule has 0 aromatic heterocycles. The van der Waals surface area contributed by atoms with Gasteiger partial charge in [-0.15, -0.1) is 0 Å². The molecule has 0 rings (SSSR count). The van der Waals surface area contributed by atoms with Crippen LogP contribution in [0.3, 0.4) is 0 Å². The van der Waals surface area contributed by atoms with E-state index in [9.17, 15) is 4.39 Å². The maximum absolute atomic E-state index is 12.7. The molecule has 2 unspecified atom stereocenters. The number of rotatable bonds is 6. The second-order valence-electron chi connectivity index (χ2n) is 2.23. The van der Waals surface area contributed by atoms with Crippen molar-refractivity contribution in [2.75, 3.05) is 6.61 Å². The molecule has 0 radical (unpaired) electrons. The second-order valence-corrected chi connectivity index (χ2v) is 2.23. The van der Waals surface area contributed by atoms with Gasteiger partial charge in [0.2, 0.25) is 0 Å². The molecule has 2 atom stereocenters. The van der Waals surface area contributed by atoms with Gasteiger partial charge in [0.15, 0.2) is 0 Å². The number of hydrogen-bond donors (Lipinski definition) is 0. The lowest BCUT2D eigenvalue weighted by atomic mass is 10.4. The largest absolute Gasteiger partial charge is 0.466 e. The zero-order valence-electron chi connectivity index (χ0n) is 7.05. The van der Waals surface area contributed by atoms with Crippen LogP contribution in [0.2, 0.25) is 0 Å². The summed E-state index contributed by atoms with van der Waals surface area (Å²) in [5.74, 6) is 0. The van der Waals surface area contributed by atoms with Crippen molar-refractivity contribution < 1.29 is 13.9 Å². The molecular formula is C8H15FO2. The number of alkyl halides is 1.